The molecule has 0 saturated carbocycles. The van der Waals surface area contributed by atoms with E-state index in [1.54, 1.807) is 23.1 Å². The Morgan fingerprint density at radius 1 is 0.656 bits per heavy atom. The van der Waals surface area contributed by atoms with E-state index in [4.69, 9.17) is 19.9 Å². The molecule has 8 heteroatoms. The minimum Gasteiger partial charge on any atom is -0.395 e. The van der Waals surface area contributed by atoms with Crippen LogP contribution in [0, 0.1) is 0 Å². The summed E-state index contributed by atoms with van der Waals surface area (Å²) in [6.45, 7) is 6.31. The maximum atomic E-state index is 10.4. The lowest BCUT2D eigenvalue weighted by Crippen LogP contribution is -2.32. The number of hydrogen-bond acceptors (Lipinski definition) is 6. The lowest BCUT2D eigenvalue weighted by molar-refractivity contribution is 0.136. The number of aliphatic hydroxyl groups is 3. The van der Waals surface area contributed by atoms with Gasteiger partial charge in [0, 0.05) is 19.6 Å². The summed E-state index contributed by atoms with van der Waals surface area (Å²) >= 11 is 0. The summed E-state index contributed by atoms with van der Waals surface area (Å²) in [5, 5.41) is 25.5. The van der Waals surface area contributed by atoms with Crippen LogP contribution >= 0.6 is 0 Å². The first kappa shape index (κ1) is 33.1. The fraction of sp³-hybridized carbons (Fsp3) is 0.750. The average molecular weight is 478 g/mol. The molecule has 190 valence electrons. The topological polar surface area (TPSA) is 118 Å². The van der Waals surface area contributed by atoms with Crippen molar-refractivity contribution in [2.75, 3.05) is 39.5 Å². The number of rotatable bonds is 16. The predicted molar refractivity (Wildman–Crippen MR) is 131 cm³/mol. The zero-order valence-electron chi connectivity index (χ0n) is 20.2. The summed E-state index contributed by atoms with van der Waals surface area (Å²) < 4.78 is 29.2. The van der Waals surface area contributed by atoms with Crippen LogP contribution in [0.4, 0.5) is 0 Å². The van der Waals surface area contributed by atoms with Gasteiger partial charge in [0.05, 0.1) is 24.7 Å². The third-order valence-electron chi connectivity index (χ3n) is 4.75. The van der Waals surface area contributed by atoms with Crippen LogP contribution in [0.1, 0.15) is 78.1 Å². The van der Waals surface area contributed by atoms with Gasteiger partial charge in [-0.25, -0.2) is 0 Å². The van der Waals surface area contributed by atoms with Gasteiger partial charge in [-0.05, 0) is 12.1 Å². The van der Waals surface area contributed by atoms with E-state index in [0.717, 1.165) is 0 Å². The van der Waals surface area contributed by atoms with Crippen molar-refractivity contribution in [2.24, 2.45) is 0 Å². The molecule has 7 nitrogen and oxygen atoms in total. The Labute approximate surface area is 196 Å². The largest absolute Gasteiger partial charge is 0.395 e. The zero-order valence-corrected chi connectivity index (χ0v) is 21.0. The molecule has 0 spiro atoms. The fourth-order valence-corrected chi connectivity index (χ4v) is 3.41. The highest BCUT2D eigenvalue weighted by Crippen LogP contribution is 2.10. The molecule has 0 amide bonds. The Hall–Kier alpha value is -1.03. The lowest BCUT2D eigenvalue weighted by Gasteiger charge is -2.17. The van der Waals surface area contributed by atoms with E-state index in [2.05, 4.69) is 13.8 Å². The molecule has 1 aromatic carbocycles. The Balaban J connectivity index is 0. The molecule has 0 fully saturated rings. The molecule has 0 aromatic heterocycles. The smallest absolute Gasteiger partial charge is 0.294 e. The van der Waals surface area contributed by atoms with Gasteiger partial charge in [-0.3, -0.25) is 9.45 Å². The third kappa shape index (κ3) is 23.6. The standard InChI is InChI=1S/C12H26.C6H15NO3.C6H6O3S/c1-3-5-7-9-11-12-10-8-6-4-2;8-4-1-7(2-5-9)3-6-10;7-10(8,9)6-4-2-1-3-5-6/h3-12H2,1-2H3;8-10H,1-6H2;1-5H,(H,7,8,9). The van der Waals surface area contributed by atoms with Gasteiger partial charge in [0.25, 0.3) is 10.1 Å². The second-order valence-electron chi connectivity index (χ2n) is 7.63. The quantitative estimate of drug-likeness (QED) is 0.209. The molecule has 0 aliphatic carbocycles. The number of aliphatic hydroxyl groups excluding tert-OH is 3. The lowest BCUT2D eigenvalue weighted by atomic mass is 10.1. The van der Waals surface area contributed by atoms with Gasteiger partial charge in [0.1, 0.15) is 0 Å². The summed E-state index contributed by atoms with van der Waals surface area (Å²) in [6.07, 6.45) is 14.4. The van der Waals surface area contributed by atoms with E-state index in [9.17, 15) is 8.42 Å². The minimum atomic E-state index is -4.00. The average Bonchev–Trinajstić information content (AvgIpc) is 2.77. The van der Waals surface area contributed by atoms with Crippen molar-refractivity contribution >= 4 is 10.1 Å². The van der Waals surface area contributed by atoms with Crippen LogP contribution in [-0.4, -0.2) is 72.6 Å². The van der Waals surface area contributed by atoms with Gasteiger partial charge in [-0.2, -0.15) is 8.42 Å². The maximum absolute atomic E-state index is 10.4. The van der Waals surface area contributed by atoms with Crippen molar-refractivity contribution in [3.8, 4) is 0 Å². The van der Waals surface area contributed by atoms with E-state index in [1.807, 2.05) is 0 Å². The summed E-state index contributed by atoms with van der Waals surface area (Å²) in [6, 6.07) is 7.42. The molecule has 0 atom stereocenters. The van der Waals surface area contributed by atoms with Crippen molar-refractivity contribution in [1.82, 2.24) is 4.90 Å². The van der Waals surface area contributed by atoms with Gasteiger partial charge in [-0.1, -0.05) is 96.3 Å². The minimum absolute atomic E-state index is 0.0694. The summed E-state index contributed by atoms with van der Waals surface area (Å²) in [4.78, 5) is 1.72. The second kappa shape index (κ2) is 24.6. The molecule has 0 aliphatic rings. The first-order chi connectivity index (χ1) is 15.4. The van der Waals surface area contributed by atoms with Crippen LogP contribution < -0.4 is 0 Å². The van der Waals surface area contributed by atoms with Gasteiger partial charge in [0.2, 0.25) is 0 Å². The summed E-state index contributed by atoms with van der Waals surface area (Å²) in [5.74, 6) is 0. The third-order valence-corrected chi connectivity index (χ3v) is 5.61. The number of benzene rings is 1. The first-order valence-electron chi connectivity index (χ1n) is 11.9. The molecule has 0 heterocycles. The van der Waals surface area contributed by atoms with Crippen molar-refractivity contribution in [1.29, 1.82) is 0 Å². The van der Waals surface area contributed by atoms with Crippen LogP contribution in [0.2, 0.25) is 0 Å². The van der Waals surface area contributed by atoms with Crippen LogP contribution in [0.25, 0.3) is 0 Å². The van der Waals surface area contributed by atoms with Gasteiger partial charge in [0.15, 0.2) is 0 Å². The molecule has 1 rings (SSSR count). The Morgan fingerprint density at radius 3 is 1.25 bits per heavy atom. The Bertz CT molecular complexity index is 559. The molecule has 1 aromatic rings. The maximum Gasteiger partial charge on any atom is 0.294 e. The van der Waals surface area contributed by atoms with Gasteiger partial charge in [-0.15, -0.1) is 0 Å². The van der Waals surface area contributed by atoms with E-state index >= 15 is 0 Å². The highest BCUT2D eigenvalue weighted by atomic mass is 32.2. The van der Waals surface area contributed by atoms with Crippen LogP contribution in [0.3, 0.4) is 0 Å². The number of nitrogens with zero attached hydrogens (tertiary/aromatic N) is 1. The normalized spacial score (nSPS) is 10.8. The molecule has 0 unspecified atom stereocenters. The predicted octanol–water partition coefficient (Wildman–Crippen LogP) is 4.13. The Kier molecular flexibility index (Phi) is 25.5. The highest BCUT2D eigenvalue weighted by Gasteiger charge is 2.05. The summed E-state index contributed by atoms with van der Waals surface area (Å²) in [7, 11) is -4.00. The molecule has 32 heavy (non-hydrogen) atoms. The molecule has 0 saturated heterocycles. The zero-order chi connectivity index (χ0) is 24.5. The van der Waals surface area contributed by atoms with Gasteiger partial charge >= 0.3 is 0 Å². The van der Waals surface area contributed by atoms with E-state index in [0.29, 0.717) is 19.6 Å². The molecule has 0 aliphatic heterocycles. The second-order valence-corrected chi connectivity index (χ2v) is 9.05. The van der Waals surface area contributed by atoms with Crippen molar-refractivity contribution in [3.05, 3.63) is 30.3 Å². The first-order valence-corrected chi connectivity index (χ1v) is 13.4. The van der Waals surface area contributed by atoms with Crippen molar-refractivity contribution in [3.63, 3.8) is 0 Å². The Morgan fingerprint density at radius 2 is 1.00 bits per heavy atom. The highest BCUT2D eigenvalue weighted by molar-refractivity contribution is 7.85. The molecular weight excluding hydrogens is 430 g/mol. The van der Waals surface area contributed by atoms with E-state index in [-0.39, 0.29) is 24.7 Å². The van der Waals surface area contributed by atoms with Crippen molar-refractivity contribution < 1.29 is 28.3 Å². The fourth-order valence-electron chi connectivity index (χ4n) is 2.91. The van der Waals surface area contributed by atoms with Crippen LogP contribution in [-0.2, 0) is 10.1 Å². The van der Waals surface area contributed by atoms with Crippen molar-refractivity contribution in [2.45, 2.75) is 83.0 Å². The number of hydrogen-bond donors (Lipinski definition) is 4. The van der Waals surface area contributed by atoms with E-state index < -0.39 is 10.1 Å². The van der Waals surface area contributed by atoms with E-state index in [1.165, 1.54) is 76.3 Å². The van der Waals surface area contributed by atoms with Crippen LogP contribution in [0.5, 0.6) is 0 Å². The van der Waals surface area contributed by atoms with Crippen LogP contribution in [0.15, 0.2) is 35.2 Å². The number of unbranched alkanes of at least 4 members (excludes halogenated alkanes) is 9. The molecule has 0 radical (unpaired) electrons. The summed E-state index contributed by atoms with van der Waals surface area (Å²) in [5.41, 5.74) is 0. The van der Waals surface area contributed by atoms with Gasteiger partial charge < -0.3 is 15.3 Å². The molecular formula is C24H47NO6S. The SMILES string of the molecule is CCCCCCCCCCCC.O=S(=O)(O)c1ccccc1.OCCN(CCO)CCO. The molecule has 4 N–H and O–H groups in total. The monoisotopic (exact) mass is 477 g/mol. The molecule has 0 bridgehead atoms.